The van der Waals surface area contributed by atoms with Crippen LogP contribution in [0.5, 0.6) is 0 Å². The van der Waals surface area contributed by atoms with Crippen LogP contribution in [-0.4, -0.2) is 36.0 Å². The van der Waals surface area contributed by atoms with Crippen LogP contribution in [0.25, 0.3) is 10.4 Å². The molecule has 1 unspecified atom stereocenters. The minimum absolute atomic E-state index is 0.234. The molecule has 3 aromatic rings. The molecule has 0 fully saturated rings. The molecule has 0 saturated carbocycles. The maximum atomic E-state index is 12.9. The van der Waals surface area contributed by atoms with Gasteiger partial charge in [-0.05, 0) is 46.8 Å². The number of anilines is 2. The maximum absolute atomic E-state index is 12.9. The van der Waals surface area contributed by atoms with Crippen LogP contribution in [0, 0.1) is 0 Å². The molecule has 0 saturated heterocycles. The van der Waals surface area contributed by atoms with E-state index in [-0.39, 0.29) is 11.6 Å². The van der Waals surface area contributed by atoms with Gasteiger partial charge in [0.25, 0.3) is 5.91 Å². The summed E-state index contributed by atoms with van der Waals surface area (Å²) in [7, 11) is 1.46. The van der Waals surface area contributed by atoms with Crippen LogP contribution in [0.3, 0.4) is 0 Å². The first kappa shape index (κ1) is 23.5. The second-order valence-electron chi connectivity index (χ2n) is 6.99. The van der Waals surface area contributed by atoms with E-state index in [4.69, 9.17) is 5.11 Å². The number of rotatable bonds is 7. The van der Waals surface area contributed by atoms with Crippen LogP contribution in [-0.2, 0) is 9.59 Å². The molecule has 0 aliphatic carbocycles. The SMILES string of the molecule is CNC(=O)C(NC(C)=O)c1ccc(C(=O)Nc2cc(-c3cccs3)ccc2NC(=O)O)cc1. The summed E-state index contributed by atoms with van der Waals surface area (Å²) in [5.41, 5.74) is 2.17. The van der Waals surface area contributed by atoms with E-state index in [2.05, 4.69) is 21.3 Å². The molecule has 2 aromatic carbocycles. The van der Waals surface area contributed by atoms with Crippen molar-refractivity contribution < 1.29 is 24.3 Å². The molecule has 0 aliphatic rings. The number of thiophene rings is 1. The molecule has 10 heteroatoms. The van der Waals surface area contributed by atoms with Crippen LogP contribution in [0.2, 0.25) is 0 Å². The third-order valence-corrected chi connectivity index (χ3v) is 5.60. The predicted octanol–water partition coefficient (Wildman–Crippen LogP) is 3.68. The van der Waals surface area contributed by atoms with Crippen molar-refractivity contribution in [1.82, 2.24) is 10.6 Å². The Hall–Kier alpha value is -4.18. The molecular formula is C23H22N4O5S. The van der Waals surface area contributed by atoms with E-state index in [1.807, 2.05) is 17.5 Å². The summed E-state index contributed by atoms with van der Waals surface area (Å²) in [6.45, 7) is 1.31. The number of hydrogen-bond donors (Lipinski definition) is 5. The van der Waals surface area contributed by atoms with E-state index < -0.39 is 23.9 Å². The Labute approximate surface area is 193 Å². The number of amides is 4. The standard InChI is InChI=1S/C23H22N4O5S/c1-13(28)25-20(22(30)24-2)14-5-7-15(8-6-14)21(29)26-18-12-16(19-4-3-11-33-19)9-10-17(18)27-23(31)32/h3-12,20,27H,1-2H3,(H,24,30)(H,25,28)(H,26,29)(H,31,32). The van der Waals surface area contributed by atoms with Gasteiger partial charge in [0.1, 0.15) is 6.04 Å². The minimum atomic E-state index is -1.25. The van der Waals surface area contributed by atoms with Gasteiger partial charge in [-0.2, -0.15) is 0 Å². The zero-order valence-electron chi connectivity index (χ0n) is 17.8. The van der Waals surface area contributed by atoms with E-state index in [0.29, 0.717) is 16.8 Å². The van der Waals surface area contributed by atoms with Gasteiger partial charge in [-0.3, -0.25) is 19.7 Å². The van der Waals surface area contributed by atoms with Crippen molar-refractivity contribution in [3.05, 3.63) is 71.1 Å². The monoisotopic (exact) mass is 466 g/mol. The number of nitrogens with one attached hydrogen (secondary N) is 4. The van der Waals surface area contributed by atoms with E-state index in [1.165, 1.54) is 37.4 Å². The van der Waals surface area contributed by atoms with Gasteiger partial charge in [0.05, 0.1) is 11.4 Å². The summed E-state index contributed by atoms with van der Waals surface area (Å²) in [4.78, 5) is 48.5. The highest BCUT2D eigenvalue weighted by atomic mass is 32.1. The largest absolute Gasteiger partial charge is 0.465 e. The Balaban J connectivity index is 1.85. The molecule has 0 radical (unpaired) electrons. The molecule has 1 heterocycles. The fraction of sp³-hybridized carbons (Fsp3) is 0.130. The summed E-state index contributed by atoms with van der Waals surface area (Å²) in [5.74, 6) is -1.22. The van der Waals surface area contributed by atoms with Crippen molar-refractivity contribution in [2.75, 3.05) is 17.7 Å². The molecule has 0 spiro atoms. The number of carbonyl (C=O) groups is 4. The van der Waals surface area contributed by atoms with Crippen molar-refractivity contribution in [2.24, 2.45) is 0 Å². The maximum Gasteiger partial charge on any atom is 0.409 e. The summed E-state index contributed by atoms with van der Waals surface area (Å²) < 4.78 is 0. The molecule has 9 nitrogen and oxygen atoms in total. The summed E-state index contributed by atoms with van der Waals surface area (Å²) >= 11 is 1.52. The number of carboxylic acid groups (broad SMARTS) is 1. The molecule has 0 bridgehead atoms. The van der Waals surface area contributed by atoms with Gasteiger partial charge in [-0.15, -0.1) is 11.3 Å². The lowest BCUT2D eigenvalue weighted by atomic mass is 10.0. The van der Waals surface area contributed by atoms with Gasteiger partial charge >= 0.3 is 6.09 Å². The molecule has 3 rings (SSSR count). The quantitative estimate of drug-likeness (QED) is 0.362. The van der Waals surface area contributed by atoms with Crippen molar-refractivity contribution in [1.29, 1.82) is 0 Å². The van der Waals surface area contributed by atoms with Gasteiger partial charge < -0.3 is 21.1 Å². The zero-order chi connectivity index (χ0) is 24.0. The Morgan fingerprint density at radius 2 is 1.67 bits per heavy atom. The van der Waals surface area contributed by atoms with Crippen LogP contribution >= 0.6 is 11.3 Å². The second kappa shape index (κ2) is 10.4. The first-order valence-corrected chi connectivity index (χ1v) is 10.7. The van der Waals surface area contributed by atoms with Crippen LogP contribution in [0.15, 0.2) is 60.0 Å². The molecule has 5 N–H and O–H groups in total. The third kappa shape index (κ3) is 5.95. The van der Waals surface area contributed by atoms with Gasteiger partial charge in [0.15, 0.2) is 0 Å². The topological polar surface area (TPSA) is 137 Å². The smallest absolute Gasteiger partial charge is 0.409 e. The Kier molecular flexibility index (Phi) is 7.42. The molecule has 170 valence electrons. The molecule has 1 aromatic heterocycles. The first-order chi connectivity index (χ1) is 15.8. The molecule has 33 heavy (non-hydrogen) atoms. The number of likely N-dealkylation sites (N-methyl/N-ethyl adjacent to an activating group) is 1. The van der Waals surface area contributed by atoms with Crippen molar-refractivity contribution in [3.63, 3.8) is 0 Å². The highest BCUT2D eigenvalue weighted by Crippen LogP contribution is 2.32. The summed E-state index contributed by atoms with van der Waals surface area (Å²) in [6, 6.07) is 14.2. The fourth-order valence-corrected chi connectivity index (χ4v) is 3.86. The zero-order valence-corrected chi connectivity index (χ0v) is 18.7. The highest BCUT2D eigenvalue weighted by molar-refractivity contribution is 7.13. The van der Waals surface area contributed by atoms with E-state index >= 15 is 0 Å². The summed E-state index contributed by atoms with van der Waals surface area (Å²) in [6.07, 6.45) is -1.25. The molecule has 4 amide bonds. The molecular weight excluding hydrogens is 444 g/mol. The van der Waals surface area contributed by atoms with Crippen molar-refractivity contribution in [2.45, 2.75) is 13.0 Å². The van der Waals surface area contributed by atoms with Crippen molar-refractivity contribution >= 4 is 46.5 Å². The lowest BCUT2D eigenvalue weighted by Gasteiger charge is -2.17. The first-order valence-electron chi connectivity index (χ1n) is 9.86. The predicted molar refractivity (Wildman–Crippen MR) is 126 cm³/mol. The normalized spacial score (nSPS) is 11.2. The fourth-order valence-electron chi connectivity index (χ4n) is 3.14. The van der Waals surface area contributed by atoms with Gasteiger partial charge in [-0.25, -0.2) is 4.79 Å². The highest BCUT2D eigenvalue weighted by Gasteiger charge is 2.21. The number of hydrogen-bond acceptors (Lipinski definition) is 5. The Morgan fingerprint density at radius 3 is 2.24 bits per heavy atom. The van der Waals surface area contributed by atoms with Crippen molar-refractivity contribution in [3.8, 4) is 10.4 Å². The van der Waals surface area contributed by atoms with E-state index in [9.17, 15) is 19.2 Å². The Bertz CT molecular complexity index is 1180. The van der Waals surface area contributed by atoms with Gasteiger partial charge in [0.2, 0.25) is 11.8 Å². The second-order valence-corrected chi connectivity index (χ2v) is 7.94. The average molecular weight is 467 g/mol. The van der Waals surface area contributed by atoms with E-state index in [0.717, 1.165) is 10.4 Å². The van der Waals surface area contributed by atoms with Crippen LogP contribution in [0.4, 0.5) is 16.2 Å². The third-order valence-electron chi connectivity index (χ3n) is 4.68. The molecule has 1 atom stereocenters. The lowest BCUT2D eigenvalue weighted by Crippen LogP contribution is -2.38. The number of benzene rings is 2. The van der Waals surface area contributed by atoms with Crippen LogP contribution < -0.4 is 21.3 Å². The van der Waals surface area contributed by atoms with Crippen LogP contribution in [0.1, 0.15) is 28.9 Å². The average Bonchev–Trinajstić information content (AvgIpc) is 3.33. The Morgan fingerprint density at radius 1 is 0.939 bits per heavy atom. The summed E-state index contributed by atoms with van der Waals surface area (Å²) in [5, 5.41) is 21.1. The van der Waals surface area contributed by atoms with Gasteiger partial charge in [0, 0.05) is 24.4 Å². The number of carbonyl (C=O) groups excluding carboxylic acids is 3. The van der Waals surface area contributed by atoms with E-state index in [1.54, 1.807) is 30.3 Å². The van der Waals surface area contributed by atoms with Gasteiger partial charge in [-0.1, -0.05) is 24.3 Å². The lowest BCUT2D eigenvalue weighted by molar-refractivity contribution is -0.127. The molecule has 0 aliphatic heterocycles. The minimum Gasteiger partial charge on any atom is -0.465 e.